The van der Waals surface area contributed by atoms with Crippen LogP contribution in [-0.2, 0) is 24.7 Å². The predicted octanol–water partition coefficient (Wildman–Crippen LogP) is 3.68. The summed E-state index contributed by atoms with van der Waals surface area (Å²) in [5.41, 5.74) is 3.97. The lowest BCUT2D eigenvalue weighted by molar-refractivity contribution is -0.131. The van der Waals surface area contributed by atoms with Gasteiger partial charge in [0.25, 0.3) is 0 Å². The summed E-state index contributed by atoms with van der Waals surface area (Å²) in [5, 5.41) is 0. The van der Waals surface area contributed by atoms with Crippen LogP contribution in [0.5, 0.6) is 0 Å². The van der Waals surface area contributed by atoms with E-state index < -0.39 is 0 Å². The first kappa shape index (κ1) is 20.7. The highest BCUT2D eigenvalue weighted by Crippen LogP contribution is 2.20. The average molecular weight is 382 g/mol. The summed E-state index contributed by atoms with van der Waals surface area (Å²) in [5.74, 6) is 0.894. The zero-order valence-corrected chi connectivity index (χ0v) is 17.7. The molecular formula is C24H35N3O. The lowest BCUT2D eigenvalue weighted by Crippen LogP contribution is -2.41. The molecule has 1 saturated heterocycles. The van der Waals surface area contributed by atoms with Crippen molar-refractivity contribution >= 4 is 5.91 Å². The third-order valence-corrected chi connectivity index (χ3v) is 6.13. The number of nitrogens with zero attached hydrogens (tertiary/aromatic N) is 3. The summed E-state index contributed by atoms with van der Waals surface area (Å²) in [4.78, 5) is 17.3. The monoisotopic (exact) mass is 381 g/mol. The van der Waals surface area contributed by atoms with Crippen LogP contribution in [0.15, 0.2) is 42.7 Å². The van der Waals surface area contributed by atoms with Crippen LogP contribution in [0.4, 0.5) is 0 Å². The second kappa shape index (κ2) is 9.92. The first-order chi connectivity index (χ1) is 13.5. The summed E-state index contributed by atoms with van der Waals surface area (Å²) in [6, 6.07) is 10.7. The maximum Gasteiger partial charge on any atom is 0.227 e. The number of aromatic nitrogens is 1. The van der Waals surface area contributed by atoms with E-state index in [4.69, 9.17) is 0 Å². The van der Waals surface area contributed by atoms with Gasteiger partial charge in [-0.2, -0.15) is 0 Å². The van der Waals surface area contributed by atoms with Crippen LogP contribution in [0.3, 0.4) is 0 Å². The fraction of sp³-hybridized carbons (Fsp3) is 0.542. The SMILES string of the molecule is CCN(CC1CCN(CCc2ccccc2C)CC1)C(=O)Cc1ccn(C)c1. The van der Waals surface area contributed by atoms with Crippen molar-refractivity contribution in [2.24, 2.45) is 13.0 Å². The van der Waals surface area contributed by atoms with Crippen molar-refractivity contribution in [2.45, 2.75) is 39.5 Å². The van der Waals surface area contributed by atoms with Crippen LogP contribution in [0.1, 0.15) is 36.5 Å². The van der Waals surface area contributed by atoms with Crippen molar-refractivity contribution in [3.8, 4) is 0 Å². The fourth-order valence-electron chi connectivity index (χ4n) is 4.23. The topological polar surface area (TPSA) is 28.5 Å². The van der Waals surface area contributed by atoms with E-state index in [9.17, 15) is 4.79 Å². The Balaban J connectivity index is 1.42. The Bertz CT molecular complexity index is 759. The van der Waals surface area contributed by atoms with Crippen molar-refractivity contribution in [3.05, 3.63) is 59.4 Å². The number of piperidine rings is 1. The van der Waals surface area contributed by atoms with Gasteiger partial charge in [0.2, 0.25) is 5.91 Å². The lowest BCUT2D eigenvalue weighted by Gasteiger charge is -2.34. The molecule has 0 saturated carbocycles. The van der Waals surface area contributed by atoms with Crippen LogP contribution in [0.2, 0.25) is 0 Å². The molecular weight excluding hydrogens is 346 g/mol. The van der Waals surface area contributed by atoms with Crippen LogP contribution >= 0.6 is 0 Å². The van der Waals surface area contributed by atoms with E-state index in [1.54, 1.807) is 0 Å². The molecule has 0 unspecified atom stereocenters. The van der Waals surface area contributed by atoms with Crippen molar-refractivity contribution in [1.82, 2.24) is 14.4 Å². The highest BCUT2D eigenvalue weighted by atomic mass is 16.2. The number of rotatable bonds is 8. The molecule has 152 valence electrons. The van der Waals surface area contributed by atoms with E-state index >= 15 is 0 Å². The van der Waals surface area contributed by atoms with E-state index in [0.717, 1.165) is 44.7 Å². The van der Waals surface area contributed by atoms with E-state index in [2.05, 4.69) is 47.9 Å². The Morgan fingerprint density at radius 1 is 1.18 bits per heavy atom. The second-order valence-corrected chi connectivity index (χ2v) is 8.26. The summed E-state index contributed by atoms with van der Waals surface area (Å²) in [6.45, 7) is 9.46. The largest absolute Gasteiger partial charge is 0.357 e. The molecule has 0 atom stereocenters. The number of amides is 1. The number of carbonyl (C=O) groups excluding carboxylic acids is 1. The smallest absolute Gasteiger partial charge is 0.227 e. The van der Waals surface area contributed by atoms with Crippen LogP contribution in [-0.4, -0.2) is 53.0 Å². The molecule has 1 fully saturated rings. The van der Waals surface area contributed by atoms with Crippen molar-refractivity contribution < 1.29 is 4.79 Å². The second-order valence-electron chi connectivity index (χ2n) is 8.26. The minimum atomic E-state index is 0.260. The summed E-state index contributed by atoms with van der Waals surface area (Å²) >= 11 is 0. The van der Waals surface area contributed by atoms with Gasteiger partial charge >= 0.3 is 0 Å². The Hall–Kier alpha value is -2.07. The average Bonchev–Trinajstić information content (AvgIpc) is 3.11. The number of benzene rings is 1. The van der Waals surface area contributed by atoms with Crippen LogP contribution < -0.4 is 0 Å². The maximum atomic E-state index is 12.7. The molecule has 0 spiro atoms. The minimum absolute atomic E-state index is 0.260. The zero-order valence-electron chi connectivity index (χ0n) is 17.7. The number of hydrogen-bond acceptors (Lipinski definition) is 2. The van der Waals surface area contributed by atoms with Gasteiger partial charge in [-0.05, 0) is 74.9 Å². The molecule has 3 rings (SSSR count). The van der Waals surface area contributed by atoms with Gasteiger partial charge < -0.3 is 14.4 Å². The third-order valence-electron chi connectivity index (χ3n) is 6.13. The van der Waals surface area contributed by atoms with Crippen molar-refractivity contribution in [1.29, 1.82) is 0 Å². The minimum Gasteiger partial charge on any atom is -0.357 e. The van der Waals surface area contributed by atoms with Gasteiger partial charge in [-0.1, -0.05) is 24.3 Å². The van der Waals surface area contributed by atoms with Gasteiger partial charge in [0, 0.05) is 39.1 Å². The molecule has 1 aliphatic heterocycles. The Labute approximate surface area is 170 Å². The molecule has 0 radical (unpaired) electrons. The zero-order chi connectivity index (χ0) is 19.9. The first-order valence-electron chi connectivity index (χ1n) is 10.7. The number of carbonyl (C=O) groups is 1. The number of aryl methyl sites for hydroxylation is 2. The van der Waals surface area contributed by atoms with Crippen LogP contribution in [0.25, 0.3) is 0 Å². The van der Waals surface area contributed by atoms with Crippen molar-refractivity contribution in [2.75, 3.05) is 32.7 Å². The Kier molecular flexibility index (Phi) is 7.32. The molecule has 1 aromatic carbocycles. The summed E-state index contributed by atoms with van der Waals surface area (Å²) in [7, 11) is 2.00. The fourth-order valence-corrected chi connectivity index (χ4v) is 4.23. The van der Waals surface area contributed by atoms with E-state index in [0.29, 0.717) is 12.3 Å². The molecule has 4 heteroatoms. The van der Waals surface area contributed by atoms with Crippen LogP contribution in [0, 0.1) is 12.8 Å². The van der Waals surface area contributed by atoms with Gasteiger partial charge in [0.15, 0.2) is 0 Å². The predicted molar refractivity (Wildman–Crippen MR) is 115 cm³/mol. The first-order valence-corrected chi connectivity index (χ1v) is 10.7. The normalized spacial score (nSPS) is 15.7. The van der Waals surface area contributed by atoms with Gasteiger partial charge in [-0.15, -0.1) is 0 Å². The van der Waals surface area contributed by atoms with E-state index in [1.807, 2.05) is 30.1 Å². The molecule has 0 N–H and O–H groups in total. The lowest BCUT2D eigenvalue weighted by atomic mass is 9.95. The van der Waals surface area contributed by atoms with E-state index in [1.165, 1.54) is 24.0 Å². The van der Waals surface area contributed by atoms with Gasteiger partial charge in [0.1, 0.15) is 0 Å². The molecule has 2 aromatic rings. The molecule has 1 aliphatic rings. The molecule has 0 aliphatic carbocycles. The molecule has 0 bridgehead atoms. The standard InChI is InChI=1S/C24H35N3O/c1-4-27(24(28)17-22-9-13-25(3)18-22)19-21-10-14-26(15-11-21)16-12-23-8-6-5-7-20(23)2/h5-9,13,18,21H,4,10-12,14-17,19H2,1-3H3. The maximum absolute atomic E-state index is 12.7. The number of likely N-dealkylation sites (tertiary alicyclic amines) is 1. The summed E-state index contributed by atoms with van der Waals surface area (Å²) in [6.07, 6.45) is 8.09. The quantitative estimate of drug-likeness (QED) is 0.698. The van der Waals surface area contributed by atoms with E-state index in [-0.39, 0.29) is 5.91 Å². The highest BCUT2D eigenvalue weighted by molar-refractivity contribution is 5.78. The molecule has 2 heterocycles. The van der Waals surface area contributed by atoms with Gasteiger partial charge in [0.05, 0.1) is 6.42 Å². The van der Waals surface area contributed by atoms with Gasteiger partial charge in [-0.3, -0.25) is 4.79 Å². The van der Waals surface area contributed by atoms with Gasteiger partial charge in [-0.25, -0.2) is 0 Å². The molecule has 28 heavy (non-hydrogen) atoms. The Morgan fingerprint density at radius 3 is 2.57 bits per heavy atom. The molecule has 4 nitrogen and oxygen atoms in total. The Morgan fingerprint density at radius 2 is 1.93 bits per heavy atom. The van der Waals surface area contributed by atoms with Crippen molar-refractivity contribution in [3.63, 3.8) is 0 Å². The third kappa shape index (κ3) is 5.71. The summed E-state index contributed by atoms with van der Waals surface area (Å²) < 4.78 is 2.01. The molecule has 1 amide bonds. The highest BCUT2D eigenvalue weighted by Gasteiger charge is 2.23. The number of likely N-dealkylation sites (N-methyl/N-ethyl adjacent to an activating group) is 1. The molecule has 1 aromatic heterocycles. The number of hydrogen-bond donors (Lipinski definition) is 0.